The fourth-order valence-corrected chi connectivity index (χ4v) is 3.55. The predicted molar refractivity (Wildman–Crippen MR) is 101 cm³/mol. The fraction of sp³-hybridized carbons (Fsp3) is 0.316. The number of nitrogens with one attached hydrogen (secondary N) is 2. The van der Waals surface area contributed by atoms with Gasteiger partial charge in [0, 0.05) is 37.4 Å². The zero-order valence-corrected chi connectivity index (χ0v) is 15.3. The van der Waals surface area contributed by atoms with Crippen LogP contribution in [-0.2, 0) is 19.5 Å². The first-order chi connectivity index (χ1) is 13.1. The van der Waals surface area contributed by atoms with Gasteiger partial charge in [0.1, 0.15) is 11.3 Å². The molecule has 2 aromatic heterocycles. The molecule has 2 N–H and O–H groups in total. The van der Waals surface area contributed by atoms with E-state index in [9.17, 15) is 9.59 Å². The Kier molecular flexibility index (Phi) is 4.41. The minimum absolute atomic E-state index is 0.166. The average Bonchev–Trinajstić information content (AvgIpc) is 3.14. The Bertz CT molecular complexity index is 1070. The smallest absolute Gasteiger partial charge is 0.279 e. The van der Waals surface area contributed by atoms with Gasteiger partial charge < -0.3 is 19.9 Å². The van der Waals surface area contributed by atoms with Gasteiger partial charge in [-0.1, -0.05) is 0 Å². The highest BCUT2D eigenvalue weighted by molar-refractivity contribution is 6.08. The zero-order valence-electron chi connectivity index (χ0n) is 15.3. The Balaban J connectivity index is 1.78. The second-order valence-electron chi connectivity index (χ2n) is 6.38. The van der Waals surface area contributed by atoms with Crippen LogP contribution in [0.5, 0.6) is 5.75 Å². The lowest BCUT2D eigenvalue weighted by molar-refractivity contribution is 0.102. The van der Waals surface area contributed by atoms with Crippen molar-refractivity contribution in [3.05, 3.63) is 57.6 Å². The molecule has 3 aromatic rings. The van der Waals surface area contributed by atoms with Crippen LogP contribution in [0.15, 0.2) is 35.3 Å². The van der Waals surface area contributed by atoms with Gasteiger partial charge in [0.25, 0.3) is 11.5 Å². The van der Waals surface area contributed by atoms with Gasteiger partial charge in [-0.15, -0.1) is 0 Å². The van der Waals surface area contributed by atoms with Gasteiger partial charge in [-0.25, -0.2) is 0 Å². The number of aromatic nitrogens is 3. The standard InChI is InChI=1S/C19H21N5O3/c1-3-23-16-8-9-20-10-14(16)19(26)24-18(23)15(11-21-24)17(25)22-12-4-6-13(27-2)7-5-12/h4-7,11,20H,3,8-10H2,1-2H3,(H,22,25). The molecule has 1 amide bonds. The summed E-state index contributed by atoms with van der Waals surface area (Å²) in [6, 6.07) is 7.08. The number of carbonyl (C=O) groups excluding carboxylic acids is 1. The minimum atomic E-state index is -0.300. The molecular weight excluding hydrogens is 346 g/mol. The molecule has 1 aliphatic rings. The summed E-state index contributed by atoms with van der Waals surface area (Å²) in [7, 11) is 1.59. The molecule has 4 rings (SSSR count). The van der Waals surface area contributed by atoms with E-state index in [2.05, 4.69) is 15.7 Å². The number of fused-ring (bicyclic) bond motifs is 2. The number of amides is 1. The van der Waals surface area contributed by atoms with Crippen LogP contribution in [0, 0.1) is 0 Å². The number of hydrogen-bond acceptors (Lipinski definition) is 5. The highest BCUT2D eigenvalue weighted by atomic mass is 16.5. The van der Waals surface area contributed by atoms with E-state index in [0.29, 0.717) is 35.7 Å². The molecule has 1 aliphatic heterocycles. The van der Waals surface area contributed by atoms with Gasteiger partial charge in [-0.05, 0) is 31.2 Å². The summed E-state index contributed by atoms with van der Waals surface area (Å²) in [5.41, 5.74) is 3.10. The van der Waals surface area contributed by atoms with Crippen molar-refractivity contribution in [3.8, 4) is 5.75 Å². The fourth-order valence-electron chi connectivity index (χ4n) is 3.55. The Morgan fingerprint density at radius 1 is 1.33 bits per heavy atom. The van der Waals surface area contributed by atoms with Gasteiger partial charge in [0.2, 0.25) is 0 Å². The van der Waals surface area contributed by atoms with Crippen molar-refractivity contribution in [2.45, 2.75) is 26.4 Å². The molecule has 0 saturated carbocycles. The SMILES string of the molecule is CCn1c2c(c(=O)n3ncc(C(=O)Nc4ccc(OC)cc4)c13)CNCC2. The van der Waals surface area contributed by atoms with E-state index in [1.54, 1.807) is 31.4 Å². The van der Waals surface area contributed by atoms with Gasteiger partial charge in [-0.2, -0.15) is 9.61 Å². The van der Waals surface area contributed by atoms with Crippen LogP contribution in [0.3, 0.4) is 0 Å². The Labute approximate surface area is 155 Å². The predicted octanol–water partition coefficient (Wildman–Crippen LogP) is 1.42. The molecule has 1 aromatic carbocycles. The number of benzene rings is 1. The number of aryl methyl sites for hydroxylation is 1. The Morgan fingerprint density at radius 3 is 2.81 bits per heavy atom. The molecule has 3 heterocycles. The summed E-state index contributed by atoms with van der Waals surface area (Å²) < 4.78 is 8.48. The molecule has 0 radical (unpaired) electrons. The van der Waals surface area contributed by atoms with Crippen molar-refractivity contribution in [1.82, 2.24) is 19.5 Å². The van der Waals surface area contributed by atoms with Crippen LogP contribution in [0.1, 0.15) is 28.5 Å². The van der Waals surface area contributed by atoms with Crippen LogP contribution < -0.4 is 20.9 Å². The number of hydrogen-bond donors (Lipinski definition) is 2. The van der Waals surface area contributed by atoms with Gasteiger partial charge in [0.15, 0.2) is 5.65 Å². The van der Waals surface area contributed by atoms with E-state index in [0.717, 1.165) is 24.2 Å². The summed E-state index contributed by atoms with van der Waals surface area (Å²) in [6.07, 6.45) is 2.21. The molecule has 0 unspecified atom stereocenters. The Hall–Kier alpha value is -3.13. The molecule has 0 spiro atoms. The molecule has 0 bridgehead atoms. The first-order valence-electron chi connectivity index (χ1n) is 8.92. The number of methoxy groups -OCH3 is 1. The van der Waals surface area contributed by atoms with Gasteiger partial charge in [-0.3, -0.25) is 9.59 Å². The third kappa shape index (κ3) is 2.87. The zero-order chi connectivity index (χ0) is 19.0. The van der Waals surface area contributed by atoms with Crippen LogP contribution in [0.25, 0.3) is 5.65 Å². The second-order valence-corrected chi connectivity index (χ2v) is 6.38. The van der Waals surface area contributed by atoms with E-state index >= 15 is 0 Å². The maximum Gasteiger partial charge on any atom is 0.279 e. The third-order valence-electron chi connectivity index (χ3n) is 4.87. The van der Waals surface area contributed by atoms with Crippen LogP contribution in [0.2, 0.25) is 0 Å². The number of nitrogens with zero attached hydrogens (tertiary/aromatic N) is 3. The summed E-state index contributed by atoms with van der Waals surface area (Å²) in [6.45, 7) is 3.99. The monoisotopic (exact) mass is 367 g/mol. The molecule has 140 valence electrons. The number of carbonyl (C=O) groups is 1. The van der Waals surface area contributed by atoms with Crippen molar-refractivity contribution in [3.63, 3.8) is 0 Å². The normalized spacial score (nSPS) is 13.4. The van der Waals surface area contributed by atoms with Crippen molar-refractivity contribution in [1.29, 1.82) is 0 Å². The van der Waals surface area contributed by atoms with E-state index in [1.165, 1.54) is 10.7 Å². The molecule has 0 aliphatic carbocycles. The van der Waals surface area contributed by atoms with Crippen molar-refractivity contribution in [2.24, 2.45) is 0 Å². The Morgan fingerprint density at radius 2 is 2.11 bits per heavy atom. The van der Waals surface area contributed by atoms with Crippen LogP contribution in [0.4, 0.5) is 5.69 Å². The lowest BCUT2D eigenvalue weighted by Gasteiger charge is -2.22. The van der Waals surface area contributed by atoms with Crippen molar-refractivity contribution >= 4 is 17.2 Å². The quantitative estimate of drug-likeness (QED) is 0.728. The van der Waals surface area contributed by atoms with Gasteiger partial charge in [0.05, 0.1) is 18.9 Å². The molecule has 8 heteroatoms. The molecule has 0 fully saturated rings. The molecule has 0 atom stereocenters. The first kappa shape index (κ1) is 17.3. The molecule has 8 nitrogen and oxygen atoms in total. The number of ether oxygens (including phenoxy) is 1. The van der Waals surface area contributed by atoms with Gasteiger partial charge >= 0.3 is 0 Å². The summed E-state index contributed by atoms with van der Waals surface area (Å²) >= 11 is 0. The first-order valence-corrected chi connectivity index (χ1v) is 8.92. The minimum Gasteiger partial charge on any atom is -0.497 e. The molecule has 27 heavy (non-hydrogen) atoms. The van der Waals surface area contributed by atoms with E-state index in [4.69, 9.17) is 4.74 Å². The average molecular weight is 367 g/mol. The lowest BCUT2D eigenvalue weighted by atomic mass is 10.1. The van der Waals surface area contributed by atoms with Crippen LogP contribution >= 0.6 is 0 Å². The lowest BCUT2D eigenvalue weighted by Crippen LogP contribution is -2.36. The van der Waals surface area contributed by atoms with Crippen molar-refractivity contribution in [2.75, 3.05) is 19.0 Å². The maximum atomic E-state index is 12.9. The summed E-state index contributed by atoms with van der Waals surface area (Å²) in [5, 5.41) is 10.3. The van der Waals surface area contributed by atoms with Crippen LogP contribution in [-0.4, -0.2) is 33.7 Å². The highest BCUT2D eigenvalue weighted by Gasteiger charge is 2.24. The van der Waals surface area contributed by atoms with E-state index < -0.39 is 0 Å². The van der Waals surface area contributed by atoms with Crippen molar-refractivity contribution < 1.29 is 9.53 Å². The maximum absolute atomic E-state index is 12.9. The largest absolute Gasteiger partial charge is 0.497 e. The summed E-state index contributed by atoms with van der Waals surface area (Å²) in [5.74, 6) is 0.412. The number of rotatable bonds is 4. The molecular formula is C19H21N5O3. The van der Waals surface area contributed by atoms with E-state index in [-0.39, 0.29) is 11.5 Å². The topological polar surface area (TPSA) is 89.7 Å². The highest BCUT2D eigenvalue weighted by Crippen LogP contribution is 2.20. The second kappa shape index (κ2) is 6.88. The summed E-state index contributed by atoms with van der Waals surface area (Å²) in [4.78, 5) is 25.7. The third-order valence-corrected chi connectivity index (χ3v) is 4.87. The molecule has 0 saturated heterocycles. The van der Waals surface area contributed by atoms with E-state index in [1.807, 2.05) is 11.5 Å². The number of anilines is 1.